The predicted octanol–water partition coefficient (Wildman–Crippen LogP) is 2.93. The third-order valence-corrected chi connectivity index (χ3v) is 4.56. The fourth-order valence-corrected chi connectivity index (χ4v) is 3.62. The summed E-state index contributed by atoms with van der Waals surface area (Å²) in [6.45, 7) is 5.88. The van der Waals surface area contributed by atoms with Gasteiger partial charge in [-0.25, -0.2) is 5.43 Å². The summed E-state index contributed by atoms with van der Waals surface area (Å²) in [5, 5.41) is 4.45. The maximum atomic E-state index is 6.28. The van der Waals surface area contributed by atoms with Gasteiger partial charge in [0.25, 0.3) is 0 Å². The van der Waals surface area contributed by atoms with Crippen LogP contribution >= 0.6 is 0 Å². The maximum absolute atomic E-state index is 6.28. The lowest BCUT2D eigenvalue weighted by Crippen LogP contribution is -2.49. The van der Waals surface area contributed by atoms with E-state index in [1.807, 2.05) is 6.20 Å². The molecule has 0 radical (unpaired) electrons. The first-order chi connectivity index (χ1) is 10.3. The monoisotopic (exact) mass is 294 g/mol. The van der Waals surface area contributed by atoms with E-state index in [1.54, 1.807) is 0 Å². The molecule has 0 amide bonds. The van der Waals surface area contributed by atoms with Gasteiger partial charge in [0.15, 0.2) is 0 Å². The van der Waals surface area contributed by atoms with Crippen LogP contribution in [-0.2, 0) is 11.3 Å². The van der Waals surface area contributed by atoms with Gasteiger partial charge in [0.2, 0.25) is 0 Å². The molecular formula is C16H30N4O. The van der Waals surface area contributed by atoms with Gasteiger partial charge in [0, 0.05) is 19.3 Å². The van der Waals surface area contributed by atoms with E-state index < -0.39 is 0 Å². The Kier molecular flexibility index (Phi) is 6.21. The topological polar surface area (TPSA) is 65.1 Å². The molecule has 0 saturated heterocycles. The molecule has 0 bridgehead atoms. The van der Waals surface area contributed by atoms with Gasteiger partial charge in [-0.2, -0.15) is 5.10 Å². The number of hydrogen-bond acceptors (Lipinski definition) is 4. The van der Waals surface area contributed by atoms with Crippen molar-refractivity contribution in [3.63, 3.8) is 0 Å². The first-order valence-corrected chi connectivity index (χ1v) is 8.39. The number of nitrogens with one attached hydrogen (secondary N) is 1. The molecule has 1 atom stereocenters. The van der Waals surface area contributed by atoms with Gasteiger partial charge < -0.3 is 4.74 Å². The number of aromatic nitrogens is 2. The van der Waals surface area contributed by atoms with Crippen molar-refractivity contribution < 1.29 is 4.74 Å². The fraction of sp³-hybridized carbons (Fsp3) is 0.812. The quantitative estimate of drug-likeness (QED) is 0.461. The average molecular weight is 294 g/mol. The molecule has 1 aliphatic carbocycles. The number of nitrogens with zero attached hydrogens (tertiary/aromatic N) is 2. The lowest BCUT2D eigenvalue weighted by Gasteiger charge is -2.40. The predicted molar refractivity (Wildman–Crippen MR) is 84.6 cm³/mol. The SMILES string of the molecule is CCCn1nccc1C(NN)C1(OCC)CCCCCC1. The summed E-state index contributed by atoms with van der Waals surface area (Å²) in [5.74, 6) is 5.96. The summed E-state index contributed by atoms with van der Waals surface area (Å²) in [7, 11) is 0. The molecule has 1 heterocycles. The molecule has 1 unspecified atom stereocenters. The van der Waals surface area contributed by atoms with Gasteiger partial charge in [0.05, 0.1) is 17.3 Å². The van der Waals surface area contributed by atoms with Gasteiger partial charge >= 0.3 is 0 Å². The molecule has 1 aromatic rings. The third kappa shape index (κ3) is 3.65. The number of ether oxygens (including phenoxy) is 1. The zero-order valence-electron chi connectivity index (χ0n) is 13.5. The van der Waals surface area contributed by atoms with Crippen molar-refractivity contribution in [3.05, 3.63) is 18.0 Å². The highest BCUT2D eigenvalue weighted by Crippen LogP contribution is 2.40. The molecule has 120 valence electrons. The van der Waals surface area contributed by atoms with E-state index in [4.69, 9.17) is 10.6 Å². The number of hydrazine groups is 1. The summed E-state index contributed by atoms with van der Waals surface area (Å²) in [4.78, 5) is 0. The molecule has 1 saturated carbocycles. The third-order valence-electron chi connectivity index (χ3n) is 4.56. The number of rotatable bonds is 7. The standard InChI is InChI=1S/C16H30N4O/c1-3-13-20-14(9-12-18-20)15(19-17)16(21-4-2)10-7-5-6-8-11-16/h9,12,15,19H,3-8,10-11,13,17H2,1-2H3. The normalized spacial score (nSPS) is 20.1. The van der Waals surface area contributed by atoms with E-state index in [9.17, 15) is 0 Å². The molecule has 2 rings (SSSR count). The zero-order chi connectivity index (χ0) is 15.1. The van der Waals surface area contributed by atoms with Crippen LogP contribution in [0.3, 0.4) is 0 Å². The maximum Gasteiger partial charge on any atom is 0.0918 e. The summed E-state index contributed by atoms with van der Waals surface area (Å²) < 4.78 is 8.34. The molecule has 0 aromatic carbocycles. The first-order valence-electron chi connectivity index (χ1n) is 8.39. The molecular weight excluding hydrogens is 264 g/mol. The van der Waals surface area contributed by atoms with Crippen molar-refractivity contribution in [2.75, 3.05) is 6.61 Å². The Bertz CT molecular complexity index is 410. The van der Waals surface area contributed by atoms with Crippen molar-refractivity contribution in [1.82, 2.24) is 15.2 Å². The molecule has 0 spiro atoms. The Morgan fingerprint density at radius 2 is 2.05 bits per heavy atom. The Morgan fingerprint density at radius 3 is 2.62 bits per heavy atom. The van der Waals surface area contributed by atoms with Gasteiger partial charge in [-0.15, -0.1) is 0 Å². The molecule has 1 aliphatic rings. The van der Waals surface area contributed by atoms with Crippen molar-refractivity contribution in [2.45, 2.75) is 77.0 Å². The van der Waals surface area contributed by atoms with E-state index >= 15 is 0 Å². The van der Waals surface area contributed by atoms with Crippen LogP contribution < -0.4 is 11.3 Å². The van der Waals surface area contributed by atoms with Gasteiger partial charge in [-0.05, 0) is 32.3 Å². The second kappa shape index (κ2) is 7.92. The van der Waals surface area contributed by atoms with Gasteiger partial charge in [-0.1, -0.05) is 32.6 Å². The number of aryl methyl sites for hydroxylation is 1. The highest BCUT2D eigenvalue weighted by atomic mass is 16.5. The minimum absolute atomic E-state index is 0.00426. The lowest BCUT2D eigenvalue weighted by molar-refractivity contribution is -0.0800. The van der Waals surface area contributed by atoms with E-state index in [-0.39, 0.29) is 11.6 Å². The van der Waals surface area contributed by atoms with Crippen molar-refractivity contribution in [2.24, 2.45) is 5.84 Å². The summed E-state index contributed by atoms with van der Waals surface area (Å²) in [5.41, 5.74) is 3.99. The van der Waals surface area contributed by atoms with Crippen LogP contribution in [-0.4, -0.2) is 22.0 Å². The minimum Gasteiger partial charge on any atom is -0.373 e. The molecule has 1 aromatic heterocycles. The highest BCUT2D eigenvalue weighted by molar-refractivity contribution is 5.14. The Labute approximate surface area is 128 Å². The summed E-state index contributed by atoms with van der Waals surface area (Å²) >= 11 is 0. The van der Waals surface area contributed by atoms with Crippen LogP contribution in [0.2, 0.25) is 0 Å². The second-order valence-electron chi connectivity index (χ2n) is 5.99. The van der Waals surface area contributed by atoms with Gasteiger partial charge in [-0.3, -0.25) is 10.5 Å². The first kappa shape index (κ1) is 16.5. The van der Waals surface area contributed by atoms with Crippen molar-refractivity contribution in [3.8, 4) is 0 Å². The average Bonchev–Trinajstić information content (AvgIpc) is 2.79. The molecule has 5 heteroatoms. The molecule has 5 nitrogen and oxygen atoms in total. The largest absolute Gasteiger partial charge is 0.373 e. The Balaban J connectivity index is 2.32. The van der Waals surface area contributed by atoms with Crippen LogP contribution in [0.15, 0.2) is 12.3 Å². The van der Waals surface area contributed by atoms with E-state index in [2.05, 4.69) is 35.1 Å². The number of nitrogens with two attached hydrogens (primary N) is 1. The van der Waals surface area contributed by atoms with Crippen molar-refractivity contribution >= 4 is 0 Å². The number of hydrogen-bond donors (Lipinski definition) is 2. The highest BCUT2D eigenvalue weighted by Gasteiger charge is 2.41. The van der Waals surface area contributed by atoms with Crippen LogP contribution in [0.5, 0.6) is 0 Å². The lowest BCUT2D eigenvalue weighted by atomic mass is 9.84. The van der Waals surface area contributed by atoms with E-state index in [0.29, 0.717) is 0 Å². The summed E-state index contributed by atoms with van der Waals surface area (Å²) in [6.07, 6.45) is 10.1. The van der Waals surface area contributed by atoms with Crippen LogP contribution in [0.1, 0.15) is 70.5 Å². The van der Waals surface area contributed by atoms with Crippen LogP contribution in [0.25, 0.3) is 0 Å². The van der Waals surface area contributed by atoms with Crippen LogP contribution in [0.4, 0.5) is 0 Å². The Hall–Kier alpha value is -0.910. The fourth-order valence-electron chi connectivity index (χ4n) is 3.62. The summed E-state index contributed by atoms with van der Waals surface area (Å²) in [6, 6.07) is 2.08. The van der Waals surface area contributed by atoms with Gasteiger partial charge in [0.1, 0.15) is 0 Å². The molecule has 0 aliphatic heterocycles. The minimum atomic E-state index is -0.203. The Morgan fingerprint density at radius 1 is 1.33 bits per heavy atom. The van der Waals surface area contributed by atoms with E-state index in [0.717, 1.165) is 38.1 Å². The van der Waals surface area contributed by atoms with E-state index in [1.165, 1.54) is 25.7 Å². The second-order valence-corrected chi connectivity index (χ2v) is 5.99. The molecule has 21 heavy (non-hydrogen) atoms. The van der Waals surface area contributed by atoms with Crippen LogP contribution in [0, 0.1) is 0 Å². The zero-order valence-corrected chi connectivity index (χ0v) is 13.5. The molecule has 3 N–H and O–H groups in total. The molecule has 1 fully saturated rings. The van der Waals surface area contributed by atoms with Crippen molar-refractivity contribution in [1.29, 1.82) is 0 Å². The smallest absolute Gasteiger partial charge is 0.0918 e.